The lowest BCUT2D eigenvalue weighted by molar-refractivity contribution is -0.161. The van der Waals surface area contributed by atoms with E-state index in [9.17, 15) is 43.2 Å². The van der Waals surface area contributed by atoms with E-state index in [1.165, 1.54) is 161 Å². The van der Waals surface area contributed by atoms with Crippen molar-refractivity contribution in [3.63, 3.8) is 0 Å². The Hall–Kier alpha value is -1.94. The zero-order chi connectivity index (χ0) is 68.2. The second kappa shape index (κ2) is 62.6. The van der Waals surface area contributed by atoms with Gasteiger partial charge in [0.25, 0.3) is 0 Å². The number of rotatable bonds is 70. The van der Waals surface area contributed by atoms with Gasteiger partial charge in [-0.2, -0.15) is 0 Å². The van der Waals surface area contributed by atoms with Crippen LogP contribution >= 0.6 is 15.6 Å². The summed E-state index contributed by atoms with van der Waals surface area (Å²) >= 11 is 0. The second-order valence-electron chi connectivity index (χ2n) is 28.0. The van der Waals surface area contributed by atoms with Gasteiger partial charge in [-0.1, -0.05) is 312 Å². The van der Waals surface area contributed by atoms with Gasteiger partial charge in [0, 0.05) is 25.7 Å². The Kier molecular flexibility index (Phi) is 61.3. The molecule has 0 aliphatic heterocycles. The third-order valence-corrected chi connectivity index (χ3v) is 19.1. The van der Waals surface area contributed by atoms with E-state index in [1.54, 1.807) is 0 Å². The number of aliphatic hydroxyl groups excluding tert-OH is 1. The molecule has 92 heavy (non-hydrogen) atoms. The van der Waals surface area contributed by atoms with E-state index in [4.69, 9.17) is 37.0 Å². The molecule has 4 unspecified atom stereocenters. The molecule has 0 spiro atoms. The monoisotopic (exact) mass is 1350 g/mol. The molecular weight excluding hydrogens is 1210 g/mol. The van der Waals surface area contributed by atoms with Crippen molar-refractivity contribution in [1.29, 1.82) is 0 Å². The Bertz CT molecular complexity index is 1820. The molecule has 0 fully saturated rings. The molecule has 546 valence electrons. The lowest BCUT2D eigenvalue weighted by Crippen LogP contribution is -2.30. The predicted octanol–water partition coefficient (Wildman–Crippen LogP) is 20.9. The first kappa shape index (κ1) is 90.1. The fourth-order valence-electron chi connectivity index (χ4n) is 11.0. The highest BCUT2D eigenvalue weighted by molar-refractivity contribution is 7.47. The first-order valence-electron chi connectivity index (χ1n) is 37.7. The normalized spacial score (nSPS) is 14.5. The summed E-state index contributed by atoms with van der Waals surface area (Å²) in [7, 11) is -9.91. The van der Waals surface area contributed by atoms with Gasteiger partial charge in [0.2, 0.25) is 0 Å². The number of hydrogen-bond donors (Lipinski definition) is 3. The standard InChI is InChI=1S/C73H142O17P2/c1-9-66(8)52-44-36-28-22-23-31-40-48-56-73(78)90-68(59-83-70(75)53-45-37-29-20-16-12-10-14-18-25-33-41-49-63(2)3)61-87-91(79,80)85-57-67(74)58-86-92(81,82)88-62-69(60-84-71(76)54-46-38-32-24-27-35-43-51-65(6)7)89-72(77)55-47-39-30-21-17-13-11-15-19-26-34-42-50-64(4)5/h63-69,74H,9-62H2,1-8H3,(H,79,80)(H,81,82)/t66?,67?,68-,69-/m1/s1. The third-order valence-electron chi connectivity index (χ3n) is 17.2. The van der Waals surface area contributed by atoms with Gasteiger partial charge >= 0.3 is 39.5 Å². The van der Waals surface area contributed by atoms with Crippen molar-refractivity contribution in [3.05, 3.63) is 0 Å². The van der Waals surface area contributed by atoms with Crippen molar-refractivity contribution < 1.29 is 80.2 Å². The number of aliphatic hydroxyl groups is 1. The van der Waals surface area contributed by atoms with Crippen LogP contribution in [0.1, 0.15) is 364 Å². The molecule has 19 heteroatoms. The molecule has 0 rings (SSSR count). The van der Waals surface area contributed by atoms with E-state index in [1.807, 2.05) is 0 Å². The maximum Gasteiger partial charge on any atom is 0.472 e. The molecule has 0 amide bonds. The molecule has 0 aromatic carbocycles. The number of ether oxygens (including phenoxy) is 4. The lowest BCUT2D eigenvalue weighted by Gasteiger charge is -2.21. The van der Waals surface area contributed by atoms with E-state index in [-0.39, 0.29) is 25.7 Å². The summed E-state index contributed by atoms with van der Waals surface area (Å²) in [6, 6.07) is 0. The van der Waals surface area contributed by atoms with Crippen LogP contribution in [0.4, 0.5) is 0 Å². The molecule has 3 N–H and O–H groups in total. The average molecular weight is 1350 g/mol. The highest BCUT2D eigenvalue weighted by atomic mass is 31.2. The zero-order valence-corrected chi connectivity index (χ0v) is 62.0. The minimum absolute atomic E-state index is 0.104. The quantitative estimate of drug-likeness (QED) is 0.0222. The van der Waals surface area contributed by atoms with Gasteiger partial charge in [-0.3, -0.25) is 37.3 Å². The first-order valence-corrected chi connectivity index (χ1v) is 40.7. The molecule has 0 saturated carbocycles. The highest BCUT2D eigenvalue weighted by Crippen LogP contribution is 2.45. The summed E-state index contributed by atoms with van der Waals surface area (Å²) in [5.74, 6) is 0.907. The van der Waals surface area contributed by atoms with Crippen LogP contribution in [0.15, 0.2) is 0 Å². The van der Waals surface area contributed by atoms with Crippen LogP contribution in [0.5, 0.6) is 0 Å². The number of unbranched alkanes of at least 4 members (excludes halogenated alkanes) is 35. The van der Waals surface area contributed by atoms with Crippen LogP contribution in [0.3, 0.4) is 0 Å². The Morgan fingerprint density at radius 2 is 0.522 bits per heavy atom. The summed E-state index contributed by atoms with van der Waals surface area (Å²) in [6.07, 6.45) is 45.8. The topological polar surface area (TPSA) is 237 Å². The summed E-state index contributed by atoms with van der Waals surface area (Å²) in [4.78, 5) is 72.7. The predicted molar refractivity (Wildman–Crippen MR) is 372 cm³/mol. The summed E-state index contributed by atoms with van der Waals surface area (Å²) in [5, 5.41) is 10.6. The van der Waals surface area contributed by atoms with Gasteiger partial charge in [0.05, 0.1) is 26.4 Å². The van der Waals surface area contributed by atoms with Gasteiger partial charge in [-0.25, -0.2) is 9.13 Å². The molecule has 6 atom stereocenters. The van der Waals surface area contributed by atoms with Gasteiger partial charge in [0.15, 0.2) is 12.2 Å². The number of carbonyl (C=O) groups excluding carboxylic acids is 4. The summed E-state index contributed by atoms with van der Waals surface area (Å²) in [5.41, 5.74) is 0. The van der Waals surface area contributed by atoms with Crippen molar-refractivity contribution in [3.8, 4) is 0 Å². The van der Waals surface area contributed by atoms with E-state index in [0.717, 1.165) is 114 Å². The Morgan fingerprint density at radius 3 is 0.772 bits per heavy atom. The zero-order valence-electron chi connectivity index (χ0n) is 60.2. The largest absolute Gasteiger partial charge is 0.472 e. The molecule has 0 aliphatic carbocycles. The van der Waals surface area contributed by atoms with Crippen LogP contribution < -0.4 is 0 Å². The van der Waals surface area contributed by atoms with Crippen LogP contribution in [0, 0.1) is 23.7 Å². The minimum atomic E-state index is -4.95. The van der Waals surface area contributed by atoms with Crippen molar-refractivity contribution in [2.24, 2.45) is 23.7 Å². The van der Waals surface area contributed by atoms with E-state index in [0.29, 0.717) is 31.6 Å². The van der Waals surface area contributed by atoms with Crippen LogP contribution in [0.2, 0.25) is 0 Å². The SMILES string of the molecule is CCC(C)CCCCCCCCCCC(=O)O[C@H](COC(=O)CCCCCCCCCCCCCCC(C)C)COP(=O)(O)OCC(O)COP(=O)(O)OC[C@@H](COC(=O)CCCCCCCCCC(C)C)OC(=O)CCCCCCCCCCCCCCC(C)C. The molecule has 0 radical (unpaired) electrons. The first-order chi connectivity index (χ1) is 44.1. The molecule has 0 aliphatic rings. The Morgan fingerprint density at radius 1 is 0.304 bits per heavy atom. The fourth-order valence-corrected chi connectivity index (χ4v) is 12.6. The minimum Gasteiger partial charge on any atom is -0.462 e. The van der Waals surface area contributed by atoms with Crippen molar-refractivity contribution >= 4 is 39.5 Å². The molecular formula is C73H142O17P2. The van der Waals surface area contributed by atoms with Crippen LogP contribution in [-0.4, -0.2) is 96.7 Å². The maximum absolute atomic E-state index is 13.0. The average Bonchev–Trinajstić information content (AvgIpc) is 2.63. The second-order valence-corrected chi connectivity index (χ2v) is 30.9. The number of carbonyl (C=O) groups is 4. The van der Waals surface area contributed by atoms with Crippen LogP contribution in [0.25, 0.3) is 0 Å². The number of phosphoric ester groups is 2. The Labute approximate surface area is 562 Å². The summed E-state index contributed by atoms with van der Waals surface area (Å²) in [6.45, 7) is 14.1. The summed E-state index contributed by atoms with van der Waals surface area (Å²) < 4.78 is 68.4. The molecule has 0 aromatic rings. The third kappa shape index (κ3) is 65.4. The van der Waals surface area contributed by atoms with Crippen LogP contribution in [-0.2, 0) is 65.4 Å². The molecule has 0 aromatic heterocycles. The van der Waals surface area contributed by atoms with E-state index < -0.39 is 97.5 Å². The van der Waals surface area contributed by atoms with Crippen molar-refractivity contribution in [2.75, 3.05) is 39.6 Å². The number of phosphoric acid groups is 2. The van der Waals surface area contributed by atoms with Crippen molar-refractivity contribution in [2.45, 2.75) is 382 Å². The Balaban J connectivity index is 5.25. The molecule has 0 heterocycles. The van der Waals surface area contributed by atoms with Gasteiger partial charge < -0.3 is 33.8 Å². The molecule has 0 bridgehead atoms. The maximum atomic E-state index is 13.0. The lowest BCUT2D eigenvalue weighted by atomic mass is 9.99. The van der Waals surface area contributed by atoms with E-state index >= 15 is 0 Å². The van der Waals surface area contributed by atoms with Gasteiger partial charge in [-0.05, 0) is 49.4 Å². The number of esters is 4. The smallest absolute Gasteiger partial charge is 0.462 e. The number of hydrogen-bond acceptors (Lipinski definition) is 15. The van der Waals surface area contributed by atoms with E-state index in [2.05, 4.69) is 55.4 Å². The highest BCUT2D eigenvalue weighted by Gasteiger charge is 2.30. The molecule has 17 nitrogen and oxygen atoms in total. The van der Waals surface area contributed by atoms with Crippen molar-refractivity contribution in [1.82, 2.24) is 0 Å². The fraction of sp³-hybridized carbons (Fsp3) is 0.945. The molecule has 0 saturated heterocycles. The van der Waals surface area contributed by atoms with Gasteiger partial charge in [-0.15, -0.1) is 0 Å². The van der Waals surface area contributed by atoms with Gasteiger partial charge in [0.1, 0.15) is 19.3 Å².